The third-order valence-corrected chi connectivity index (χ3v) is 4.61. The van der Waals surface area contributed by atoms with E-state index in [1.807, 2.05) is 31.1 Å². The van der Waals surface area contributed by atoms with Gasteiger partial charge in [0, 0.05) is 38.4 Å². The smallest absolute Gasteiger partial charge is 0.271 e. The van der Waals surface area contributed by atoms with Crippen LogP contribution in [0.2, 0.25) is 0 Å². The Bertz CT molecular complexity index is 890. The summed E-state index contributed by atoms with van der Waals surface area (Å²) in [4.78, 5) is 28.0. The summed E-state index contributed by atoms with van der Waals surface area (Å²) >= 11 is 0. The molecule has 0 aromatic heterocycles. The average Bonchev–Trinajstić information content (AvgIpc) is 2.79. The highest BCUT2D eigenvalue weighted by Crippen LogP contribution is 2.14. The minimum Gasteiger partial charge on any atom is -0.484 e. The standard InChI is InChI=1S/C22H26N4O4/c1-25(2)19-5-3-4-18(14-19)22(28)24-23-15-17-6-8-20(9-7-17)30-16-21(27)26-10-12-29-13-11-26/h3-9,14-15H,10-13,16H2,1-2H3,(H,24,28)/b23-15-. The lowest BCUT2D eigenvalue weighted by Gasteiger charge is -2.26. The minimum atomic E-state index is -0.281. The van der Waals surface area contributed by atoms with Crippen LogP contribution in [-0.2, 0) is 9.53 Å². The van der Waals surface area contributed by atoms with Crippen molar-refractivity contribution in [3.05, 3.63) is 59.7 Å². The molecule has 2 aromatic rings. The summed E-state index contributed by atoms with van der Waals surface area (Å²) in [5.74, 6) is 0.264. The number of rotatable bonds is 7. The van der Waals surface area contributed by atoms with E-state index in [0.717, 1.165) is 11.3 Å². The van der Waals surface area contributed by atoms with E-state index in [-0.39, 0.29) is 18.4 Å². The van der Waals surface area contributed by atoms with Crippen LogP contribution in [-0.4, -0.2) is 69.9 Å². The van der Waals surface area contributed by atoms with E-state index >= 15 is 0 Å². The van der Waals surface area contributed by atoms with Gasteiger partial charge in [0.2, 0.25) is 0 Å². The summed E-state index contributed by atoms with van der Waals surface area (Å²) in [7, 11) is 3.84. The van der Waals surface area contributed by atoms with Crippen LogP contribution in [0.3, 0.4) is 0 Å². The van der Waals surface area contributed by atoms with Gasteiger partial charge in [-0.2, -0.15) is 5.10 Å². The van der Waals surface area contributed by atoms with E-state index in [9.17, 15) is 9.59 Å². The van der Waals surface area contributed by atoms with Gasteiger partial charge in [-0.1, -0.05) is 6.07 Å². The maximum Gasteiger partial charge on any atom is 0.271 e. The Morgan fingerprint density at radius 2 is 1.90 bits per heavy atom. The van der Waals surface area contributed by atoms with Gasteiger partial charge in [-0.15, -0.1) is 0 Å². The molecular weight excluding hydrogens is 384 g/mol. The first-order valence-electron chi connectivity index (χ1n) is 9.72. The third-order valence-electron chi connectivity index (χ3n) is 4.61. The Labute approximate surface area is 176 Å². The number of hydrazone groups is 1. The maximum absolute atomic E-state index is 12.2. The van der Waals surface area contributed by atoms with E-state index in [2.05, 4.69) is 10.5 Å². The molecule has 0 unspecified atom stereocenters. The lowest BCUT2D eigenvalue weighted by Crippen LogP contribution is -2.42. The van der Waals surface area contributed by atoms with E-state index in [1.54, 1.807) is 47.5 Å². The highest BCUT2D eigenvalue weighted by atomic mass is 16.5. The number of amides is 2. The van der Waals surface area contributed by atoms with Gasteiger partial charge in [0.05, 0.1) is 19.4 Å². The number of benzene rings is 2. The van der Waals surface area contributed by atoms with Crippen LogP contribution in [0.1, 0.15) is 15.9 Å². The molecule has 1 fully saturated rings. The molecule has 0 saturated carbocycles. The first-order chi connectivity index (χ1) is 14.5. The number of carbonyl (C=O) groups excluding carboxylic acids is 2. The summed E-state index contributed by atoms with van der Waals surface area (Å²) in [6, 6.07) is 14.4. The molecule has 0 aliphatic carbocycles. The Morgan fingerprint density at radius 1 is 1.17 bits per heavy atom. The Hall–Kier alpha value is -3.39. The van der Waals surface area contributed by atoms with E-state index in [0.29, 0.717) is 37.6 Å². The zero-order valence-corrected chi connectivity index (χ0v) is 17.2. The first kappa shape index (κ1) is 21.3. The normalized spacial score (nSPS) is 13.9. The Morgan fingerprint density at radius 3 is 2.60 bits per heavy atom. The van der Waals surface area contributed by atoms with Crippen LogP contribution in [0.4, 0.5) is 5.69 Å². The van der Waals surface area contributed by atoms with Crippen molar-refractivity contribution < 1.29 is 19.1 Å². The Balaban J connectivity index is 1.47. The van der Waals surface area contributed by atoms with Gasteiger partial charge < -0.3 is 19.3 Å². The molecule has 0 atom stereocenters. The highest BCUT2D eigenvalue weighted by Gasteiger charge is 2.17. The monoisotopic (exact) mass is 410 g/mol. The largest absolute Gasteiger partial charge is 0.484 e. The van der Waals surface area contributed by atoms with Crippen molar-refractivity contribution in [2.75, 3.05) is 51.9 Å². The molecule has 1 heterocycles. The van der Waals surface area contributed by atoms with Crippen LogP contribution in [0.25, 0.3) is 0 Å². The van der Waals surface area contributed by atoms with Gasteiger partial charge in [-0.25, -0.2) is 5.43 Å². The van der Waals surface area contributed by atoms with Gasteiger partial charge in [0.15, 0.2) is 6.61 Å². The molecule has 0 radical (unpaired) electrons. The highest BCUT2D eigenvalue weighted by molar-refractivity contribution is 5.95. The van der Waals surface area contributed by atoms with Crippen LogP contribution in [0, 0.1) is 0 Å². The quantitative estimate of drug-likeness (QED) is 0.556. The number of morpholine rings is 1. The number of hydrogen-bond donors (Lipinski definition) is 1. The maximum atomic E-state index is 12.2. The molecule has 0 spiro atoms. The molecule has 8 heteroatoms. The fraction of sp³-hybridized carbons (Fsp3) is 0.318. The van der Waals surface area contributed by atoms with Gasteiger partial charge in [0.1, 0.15) is 5.75 Å². The summed E-state index contributed by atoms with van der Waals surface area (Å²) < 4.78 is 10.8. The molecule has 1 aliphatic rings. The zero-order valence-electron chi connectivity index (χ0n) is 17.2. The molecular formula is C22H26N4O4. The van der Waals surface area contributed by atoms with E-state index in [4.69, 9.17) is 9.47 Å². The van der Waals surface area contributed by atoms with Crippen LogP contribution < -0.4 is 15.1 Å². The molecule has 1 saturated heterocycles. The van der Waals surface area contributed by atoms with Gasteiger partial charge >= 0.3 is 0 Å². The van der Waals surface area contributed by atoms with Crippen molar-refractivity contribution in [3.63, 3.8) is 0 Å². The molecule has 1 N–H and O–H groups in total. The van der Waals surface area contributed by atoms with Crippen LogP contribution in [0.15, 0.2) is 53.6 Å². The fourth-order valence-corrected chi connectivity index (χ4v) is 2.85. The van der Waals surface area contributed by atoms with Crippen molar-refractivity contribution in [2.24, 2.45) is 5.10 Å². The predicted octanol–water partition coefficient (Wildman–Crippen LogP) is 1.75. The predicted molar refractivity (Wildman–Crippen MR) is 115 cm³/mol. The average molecular weight is 410 g/mol. The summed E-state index contributed by atoms with van der Waals surface area (Å²) in [5, 5.41) is 4.01. The number of nitrogens with zero attached hydrogens (tertiary/aromatic N) is 3. The number of anilines is 1. The molecule has 2 aromatic carbocycles. The molecule has 1 aliphatic heterocycles. The first-order valence-corrected chi connectivity index (χ1v) is 9.72. The van der Waals surface area contributed by atoms with Crippen molar-refractivity contribution in [2.45, 2.75) is 0 Å². The van der Waals surface area contributed by atoms with Crippen molar-refractivity contribution in [3.8, 4) is 5.75 Å². The zero-order chi connectivity index (χ0) is 21.3. The van der Waals surface area contributed by atoms with Gasteiger partial charge in [0.25, 0.3) is 11.8 Å². The van der Waals surface area contributed by atoms with Crippen LogP contribution in [0.5, 0.6) is 5.75 Å². The molecule has 30 heavy (non-hydrogen) atoms. The number of carbonyl (C=O) groups is 2. The number of ether oxygens (including phenoxy) is 2. The fourth-order valence-electron chi connectivity index (χ4n) is 2.85. The molecule has 8 nitrogen and oxygen atoms in total. The molecule has 158 valence electrons. The summed E-state index contributed by atoms with van der Waals surface area (Å²) in [6.07, 6.45) is 1.55. The third kappa shape index (κ3) is 6.05. The summed E-state index contributed by atoms with van der Waals surface area (Å²) in [6.45, 7) is 2.33. The van der Waals surface area contributed by atoms with Crippen molar-refractivity contribution >= 4 is 23.7 Å². The topological polar surface area (TPSA) is 83.5 Å². The van der Waals surface area contributed by atoms with Gasteiger partial charge in [-0.3, -0.25) is 9.59 Å². The molecule has 3 rings (SSSR count). The second kappa shape index (κ2) is 10.4. The number of hydrogen-bond acceptors (Lipinski definition) is 6. The molecule has 2 amide bonds. The lowest BCUT2D eigenvalue weighted by molar-refractivity contribution is -0.137. The summed E-state index contributed by atoms with van der Waals surface area (Å²) in [5.41, 5.74) is 4.79. The second-order valence-corrected chi connectivity index (χ2v) is 6.99. The number of nitrogens with one attached hydrogen (secondary N) is 1. The Kier molecular flexibility index (Phi) is 7.40. The minimum absolute atomic E-state index is 0.00446. The van der Waals surface area contributed by atoms with Crippen LogP contribution >= 0.6 is 0 Å². The SMILES string of the molecule is CN(C)c1cccc(C(=O)N/N=C\c2ccc(OCC(=O)N3CCOCC3)cc2)c1. The van der Waals surface area contributed by atoms with Gasteiger partial charge in [-0.05, 0) is 48.0 Å². The van der Waals surface area contributed by atoms with Crippen molar-refractivity contribution in [1.29, 1.82) is 0 Å². The second-order valence-electron chi connectivity index (χ2n) is 6.99. The van der Waals surface area contributed by atoms with Crippen molar-refractivity contribution in [1.82, 2.24) is 10.3 Å². The lowest BCUT2D eigenvalue weighted by atomic mass is 10.2. The van der Waals surface area contributed by atoms with E-state index < -0.39 is 0 Å². The van der Waals surface area contributed by atoms with E-state index in [1.165, 1.54) is 0 Å². The molecule has 0 bridgehead atoms.